The number of amides is 1. The van der Waals surface area contributed by atoms with E-state index in [4.69, 9.17) is 21.1 Å². The SMILES string of the molecule is COc1ccc2c3c1O[C@H]1[C@H](NC(=O)/C=C/c4ccc(Cl)cc4)C=C[C@H]4[C@@H](C2)N(C)CC[C@@]341. The molecule has 33 heavy (non-hydrogen) atoms. The Labute approximate surface area is 199 Å². The largest absolute Gasteiger partial charge is 0.493 e. The van der Waals surface area contributed by atoms with E-state index in [1.54, 1.807) is 19.3 Å². The van der Waals surface area contributed by atoms with Gasteiger partial charge in [0.25, 0.3) is 0 Å². The highest BCUT2D eigenvalue weighted by Crippen LogP contribution is 2.62. The van der Waals surface area contributed by atoms with E-state index < -0.39 is 0 Å². The second kappa shape index (κ2) is 7.64. The summed E-state index contributed by atoms with van der Waals surface area (Å²) in [6, 6.07) is 11.9. The lowest BCUT2D eigenvalue weighted by atomic mass is 9.53. The minimum absolute atomic E-state index is 0.138. The lowest BCUT2D eigenvalue weighted by molar-refractivity contribution is -0.118. The van der Waals surface area contributed by atoms with Crippen molar-refractivity contribution in [3.63, 3.8) is 0 Å². The van der Waals surface area contributed by atoms with Crippen LogP contribution in [0.4, 0.5) is 0 Å². The Morgan fingerprint density at radius 1 is 1.24 bits per heavy atom. The maximum absolute atomic E-state index is 12.9. The lowest BCUT2D eigenvalue weighted by Crippen LogP contribution is -2.66. The number of likely N-dealkylation sites (tertiary alicyclic amines) is 1. The van der Waals surface area contributed by atoms with Gasteiger partial charge in [-0.05, 0) is 61.8 Å². The molecule has 1 fully saturated rings. The number of piperidine rings is 1. The van der Waals surface area contributed by atoms with Gasteiger partial charge in [-0.25, -0.2) is 0 Å². The summed E-state index contributed by atoms with van der Waals surface area (Å²) >= 11 is 5.96. The number of halogens is 1. The van der Waals surface area contributed by atoms with Crippen LogP contribution >= 0.6 is 11.6 Å². The van der Waals surface area contributed by atoms with Gasteiger partial charge in [0.15, 0.2) is 11.5 Å². The van der Waals surface area contributed by atoms with Crippen molar-refractivity contribution in [3.8, 4) is 11.5 Å². The second-order valence-corrected chi connectivity index (χ2v) is 9.98. The molecule has 170 valence electrons. The topological polar surface area (TPSA) is 50.8 Å². The number of hydrogen-bond acceptors (Lipinski definition) is 4. The molecule has 1 spiro atoms. The van der Waals surface area contributed by atoms with E-state index in [1.165, 1.54) is 11.1 Å². The molecule has 4 aliphatic rings. The van der Waals surface area contributed by atoms with Gasteiger partial charge in [-0.3, -0.25) is 4.79 Å². The van der Waals surface area contributed by atoms with Crippen LogP contribution in [-0.2, 0) is 16.6 Å². The maximum Gasteiger partial charge on any atom is 0.244 e. The molecule has 1 saturated heterocycles. The Kier molecular flexibility index (Phi) is 4.82. The predicted octanol–water partition coefficient (Wildman–Crippen LogP) is 3.99. The third-order valence-electron chi connectivity index (χ3n) is 7.99. The summed E-state index contributed by atoms with van der Waals surface area (Å²) in [6.07, 6.45) is 9.70. The second-order valence-electron chi connectivity index (χ2n) is 9.54. The average molecular weight is 463 g/mol. The number of methoxy groups -OCH3 is 1. The molecule has 5 nitrogen and oxygen atoms in total. The van der Waals surface area contributed by atoms with Crippen molar-refractivity contribution in [1.82, 2.24) is 10.2 Å². The predicted molar refractivity (Wildman–Crippen MR) is 129 cm³/mol. The van der Waals surface area contributed by atoms with Gasteiger partial charge < -0.3 is 19.7 Å². The van der Waals surface area contributed by atoms with E-state index in [9.17, 15) is 4.79 Å². The fourth-order valence-electron chi connectivity index (χ4n) is 6.50. The van der Waals surface area contributed by atoms with Crippen molar-refractivity contribution in [1.29, 1.82) is 0 Å². The number of nitrogens with zero attached hydrogens (tertiary/aromatic N) is 1. The van der Waals surface area contributed by atoms with Gasteiger partial charge in [-0.1, -0.05) is 42.0 Å². The summed E-state index contributed by atoms with van der Waals surface area (Å²) in [4.78, 5) is 15.4. The van der Waals surface area contributed by atoms with E-state index in [1.807, 2.05) is 30.3 Å². The summed E-state index contributed by atoms with van der Waals surface area (Å²) < 4.78 is 12.4. The molecule has 0 unspecified atom stereocenters. The van der Waals surface area contributed by atoms with E-state index in [0.29, 0.717) is 17.0 Å². The van der Waals surface area contributed by atoms with Crippen LogP contribution in [0.1, 0.15) is 23.1 Å². The minimum Gasteiger partial charge on any atom is -0.493 e. The van der Waals surface area contributed by atoms with Gasteiger partial charge in [-0.15, -0.1) is 0 Å². The third-order valence-corrected chi connectivity index (χ3v) is 8.24. The Morgan fingerprint density at radius 2 is 2.06 bits per heavy atom. The summed E-state index contributed by atoms with van der Waals surface area (Å²) in [5.74, 6) is 1.87. The summed E-state index contributed by atoms with van der Waals surface area (Å²) in [5, 5.41) is 3.87. The molecule has 5 atom stereocenters. The maximum atomic E-state index is 12.9. The molecule has 2 aliphatic heterocycles. The van der Waals surface area contributed by atoms with Gasteiger partial charge in [0, 0.05) is 34.0 Å². The Morgan fingerprint density at radius 3 is 2.85 bits per heavy atom. The monoisotopic (exact) mass is 462 g/mol. The number of rotatable bonds is 4. The van der Waals surface area contributed by atoms with Crippen LogP contribution in [-0.4, -0.2) is 49.7 Å². The molecular formula is C27H27ClN2O3. The minimum atomic E-state index is -0.212. The van der Waals surface area contributed by atoms with Gasteiger partial charge in [0.2, 0.25) is 5.91 Å². The fraction of sp³-hybridized carbons (Fsp3) is 0.370. The van der Waals surface area contributed by atoms with Crippen molar-refractivity contribution >= 4 is 23.6 Å². The highest BCUT2D eigenvalue weighted by atomic mass is 35.5. The van der Waals surface area contributed by atoms with E-state index in [-0.39, 0.29) is 23.5 Å². The number of benzene rings is 2. The molecule has 6 heteroatoms. The molecule has 0 saturated carbocycles. The number of nitrogens with one attached hydrogen (secondary N) is 1. The molecule has 1 N–H and O–H groups in total. The van der Waals surface area contributed by atoms with Crippen LogP contribution in [0.25, 0.3) is 6.08 Å². The standard InChI is InChI=1S/C27H27ClN2O3/c1-30-14-13-27-19-9-10-20(29-23(31)12-5-16-3-7-18(28)8-4-16)26(27)33-25-22(32-2)11-6-17(24(25)27)15-21(19)30/h3-12,19-21,26H,13-15H2,1-2H3,(H,29,31)/b12-5+/t19-,20+,21+,26-,27-/m0/s1. The summed E-state index contributed by atoms with van der Waals surface area (Å²) in [7, 11) is 3.92. The van der Waals surface area contributed by atoms with Crippen LogP contribution in [0.2, 0.25) is 5.02 Å². The van der Waals surface area contributed by atoms with Crippen LogP contribution in [0.5, 0.6) is 11.5 Å². The van der Waals surface area contributed by atoms with Crippen molar-refractivity contribution in [2.24, 2.45) is 5.92 Å². The first-order valence-corrected chi connectivity index (χ1v) is 11.9. The number of hydrogen-bond donors (Lipinski definition) is 1. The number of ether oxygens (including phenoxy) is 2. The molecule has 0 aromatic heterocycles. The van der Waals surface area contributed by atoms with Gasteiger partial charge >= 0.3 is 0 Å². The van der Waals surface area contributed by atoms with Crippen LogP contribution in [0, 0.1) is 5.92 Å². The molecular weight excluding hydrogens is 436 g/mol. The van der Waals surface area contributed by atoms with Gasteiger partial charge in [-0.2, -0.15) is 0 Å². The Bertz CT molecular complexity index is 1170. The molecule has 2 aliphatic carbocycles. The molecule has 0 radical (unpaired) electrons. The molecule has 2 bridgehead atoms. The van der Waals surface area contributed by atoms with Crippen LogP contribution < -0.4 is 14.8 Å². The molecule has 1 amide bonds. The first-order valence-electron chi connectivity index (χ1n) is 11.5. The first kappa shape index (κ1) is 20.8. The quantitative estimate of drug-likeness (QED) is 0.551. The fourth-order valence-corrected chi connectivity index (χ4v) is 6.62. The summed E-state index contributed by atoms with van der Waals surface area (Å²) in [5.41, 5.74) is 3.45. The smallest absolute Gasteiger partial charge is 0.244 e. The Balaban J connectivity index is 1.34. The molecule has 6 rings (SSSR count). The lowest BCUT2D eigenvalue weighted by Gasteiger charge is -2.57. The first-order chi connectivity index (χ1) is 16.0. The van der Waals surface area contributed by atoms with Crippen LogP contribution in [0.3, 0.4) is 0 Å². The van der Waals surface area contributed by atoms with Crippen LogP contribution in [0.15, 0.2) is 54.6 Å². The van der Waals surface area contributed by atoms with Gasteiger partial charge in [0.1, 0.15) is 6.10 Å². The Hall–Kier alpha value is -2.76. The number of carbonyl (C=O) groups excluding carboxylic acids is 1. The zero-order valence-electron chi connectivity index (χ0n) is 18.8. The van der Waals surface area contributed by atoms with Crippen molar-refractivity contribution in [2.75, 3.05) is 20.7 Å². The van der Waals surface area contributed by atoms with Crippen molar-refractivity contribution < 1.29 is 14.3 Å². The highest BCUT2D eigenvalue weighted by molar-refractivity contribution is 6.30. The molecule has 2 heterocycles. The number of carbonyl (C=O) groups is 1. The number of likely N-dealkylation sites (N-methyl/N-ethyl adjacent to an activating group) is 1. The zero-order valence-corrected chi connectivity index (χ0v) is 19.5. The van der Waals surface area contributed by atoms with E-state index in [2.05, 4.69) is 35.5 Å². The zero-order chi connectivity index (χ0) is 22.7. The normalized spacial score (nSPS) is 31.2. The highest BCUT2D eigenvalue weighted by Gasteiger charge is 2.64. The average Bonchev–Trinajstić information content (AvgIpc) is 3.17. The third kappa shape index (κ3) is 3.06. The molecule has 2 aromatic carbocycles. The molecule has 2 aromatic rings. The van der Waals surface area contributed by atoms with Crippen molar-refractivity contribution in [2.45, 2.75) is 36.4 Å². The van der Waals surface area contributed by atoms with E-state index >= 15 is 0 Å². The van der Waals surface area contributed by atoms with Crippen molar-refractivity contribution in [3.05, 3.63) is 76.3 Å². The van der Waals surface area contributed by atoms with Gasteiger partial charge in [0.05, 0.1) is 13.2 Å². The van der Waals surface area contributed by atoms with E-state index in [0.717, 1.165) is 36.4 Å². The summed E-state index contributed by atoms with van der Waals surface area (Å²) in [6.45, 7) is 1.02.